The summed E-state index contributed by atoms with van der Waals surface area (Å²) in [7, 11) is 0. The lowest BCUT2D eigenvalue weighted by Crippen LogP contribution is -2.02. The minimum absolute atomic E-state index is 0.559. The summed E-state index contributed by atoms with van der Waals surface area (Å²) in [4.78, 5) is 0. The van der Waals surface area contributed by atoms with Crippen LogP contribution in [0.2, 0.25) is 0 Å². The number of halogens is 1. The molecule has 0 saturated heterocycles. The van der Waals surface area contributed by atoms with Crippen LogP contribution in [0, 0.1) is 18.8 Å². The van der Waals surface area contributed by atoms with Gasteiger partial charge in [-0.15, -0.1) is 11.6 Å². The van der Waals surface area contributed by atoms with E-state index in [9.17, 15) is 0 Å². The van der Waals surface area contributed by atoms with Gasteiger partial charge in [0.25, 0.3) is 0 Å². The molecular formula is C19H19ClO. The lowest BCUT2D eigenvalue weighted by molar-refractivity contribution is 0.321. The highest BCUT2D eigenvalue weighted by atomic mass is 35.5. The smallest absolute Gasteiger partial charge is 0.134 e. The number of alkyl halides is 1. The Balaban J connectivity index is 2.01. The van der Waals surface area contributed by atoms with Gasteiger partial charge in [0.05, 0.1) is 12.2 Å². The van der Waals surface area contributed by atoms with Crippen molar-refractivity contribution in [3.63, 3.8) is 0 Å². The van der Waals surface area contributed by atoms with Crippen LogP contribution in [0.25, 0.3) is 0 Å². The predicted octanol–water partition coefficient (Wildman–Crippen LogP) is 4.60. The van der Waals surface area contributed by atoms with Crippen molar-refractivity contribution in [3.8, 4) is 17.6 Å². The molecule has 0 radical (unpaired) electrons. The molecule has 21 heavy (non-hydrogen) atoms. The van der Waals surface area contributed by atoms with Crippen LogP contribution in [-0.2, 0) is 6.42 Å². The first-order chi connectivity index (χ1) is 10.3. The first-order valence-electron chi connectivity index (χ1n) is 7.12. The first-order valence-corrected chi connectivity index (χ1v) is 7.65. The van der Waals surface area contributed by atoms with E-state index in [2.05, 4.69) is 37.0 Å². The van der Waals surface area contributed by atoms with Crippen molar-refractivity contribution in [1.82, 2.24) is 0 Å². The molecule has 108 valence electrons. The quantitative estimate of drug-likeness (QED) is 0.579. The lowest BCUT2D eigenvalue weighted by atomic mass is 10.1. The van der Waals surface area contributed by atoms with Crippen LogP contribution in [0.5, 0.6) is 5.75 Å². The number of rotatable bonds is 5. The molecule has 0 amide bonds. The predicted molar refractivity (Wildman–Crippen MR) is 89.0 cm³/mol. The molecule has 2 rings (SSSR count). The molecule has 0 saturated carbocycles. The maximum atomic E-state index is 5.89. The van der Waals surface area contributed by atoms with E-state index < -0.39 is 0 Å². The van der Waals surface area contributed by atoms with Crippen molar-refractivity contribution < 1.29 is 4.74 Å². The van der Waals surface area contributed by atoms with Gasteiger partial charge in [0.15, 0.2) is 0 Å². The number of hydrogen-bond acceptors (Lipinski definition) is 1. The molecule has 1 nitrogen and oxygen atoms in total. The Labute approximate surface area is 131 Å². The fraction of sp³-hybridized carbons (Fsp3) is 0.263. The van der Waals surface area contributed by atoms with Crippen molar-refractivity contribution in [2.75, 3.05) is 12.5 Å². The second kappa shape index (κ2) is 8.39. The summed E-state index contributed by atoms with van der Waals surface area (Å²) in [6, 6.07) is 16.4. The molecule has 2 heteroatoms. The van der Waals surface area contributed by atoms with Crippen LogP contribution in [-0.4, -0.2) is 12.5 Å². The highest BCUT2D eigenvalue weighted by Crippen LogP contribution is 2.19. The van der Waals surface area contributed by atoms with Gasteiger partial charge in [0, 0.05) is 18.7 Å². The number of aryl methyl sites for hydroxylation is 1. The summed E-state index contributed by atoms with van der Waals surface area (Å²) in [6.45, 7) is 2.71. The molecule has 0 N–H and O–H groups in total. The largest absolute Gasteiger partial charge is 0.492 e. The van der Waals surface area contributed by atoms with E-state index in [0.717, 1.165) is 17.7 Å². The Bertz CT molecular complexity index is 623. The Morgan fingerprint density at radius 2 is 1.90 bits per heavy atom. The molecule has 0 atom stereocenters. The first kappa shape index (κ1) is 15.5. The van der Waals surface area contributed by atoms with Gasteiger partial charge in [-0.1, -0.05) is 48.2 Å². The highest BCUT2D eigenvalue weighted by molar-refractivity contribution is 6.18. The Hall–Kier alpha value is -1.91. The van der Waals surface area contributed by atoms with E-state index in [1.165, 1.54) is 11.1 Å². The zero-order valence-corrected chi connectivity index (χ0v) is 13.0. The van der Waals surface area contributed by atoms with Gasteiger partial charge >= 0.3 is 0 Å². The van der Waals surface area contributed by atoms with Gasteiger partial charge in [-0.05, 0) is 30.2 Å². The summed E-state index contributed by atoms with van der Waals surface area (Å²) in [5.74, 6) is 7.61. The van der Waals surface area contributed by atoms with E-state index in [0.29, 0.717) is 18.9 Å². The van der Waals surface area contributed by atoms with E-state index in [-0.39, 0.29) is 0 Å². The van der Waals surface area contributed by atoms with Crippen molar-refractivity contribution >= 4 is 11.6 Å². The number of ether oxygens (including phenoxy) is 1. The molecule has 0 bridgehead atoms. The Morgan fingerprint density at radius 1 is 1.10 bits per heavy atom. The van der Waals surface area contributed by atoms with Gasteiger partial charge in [-0.3, -0.25) is 0 Å². The molecule has 0 fully saturated rings. The molecule has 2 aromatic carbocycles. The second-order valence-electron chi connectivity index (χ2n) is 4.82. The summed E-state index contributed by atoms with van der Waals surface area (Å²) in [6.07, 6.45) is 1.59. The van der Waals surface area contributed by atoms with Crippen LogP contribution in [0.3, 0.4) is 0 Å². The summed E-state index contributed by atoms with van der Waals surface area (Å²) in [5, 5.41) is 0. The SMILES string of the molecule is Cc1ccc(OCCc2ccccc2)c(C#CCCCl)c1. The number of hydrogen-bond donors (Lipinski definition) is 0. The molecule has 0 spiro atoms. The van der Waals surface area contributed by atoms with Gasteiger partial charge < -0.3 is 4.74 Å². The van der Waals surface area contributed by atoms with Crippen LogP contribution in [0.1, 0.15) is 23.1 Å². The summed E-state index contributed by atoms with van der Waals surface area (Å²) >= 11 is 5.66. The average molecular weight is 299 g/mol. The average Bonchev–Trinajstić information content (AvgIpc) is 2.51. The zero-order chi connectivity index (χ0) is 14.9. The van der Waals surface area contributed by atoms with Crippen molar-refractivity contribution in [1.29, 1.82) is 0 Å². The van der Waals surface area contributed by atoms with Gasteiger partial charge in [-0.2, -0.15) is 0 Å². The third kappa shape index (κ3) is 5.17. The maximum Gasteiger partial charge on any atom is 0.134 e. The van der Waals surface area contributed by atoms with Crippen molar-refractivity contribution in [2.24, 2.45) is 0 Å². The molecular weight excluding hydrogens is 280 g/mol. The minimum Gasteiger partial charge on any atom is -0.492 e. The lowest BCUT2D eigenvalue weighted by Gasteiger charge is -2.09. The van der Waals surface area contributed by atoms with Crippen LogP contribution in [0.15, 0.2) is 48.5 Å². The van der Waals surface area contributed by atoms with Crippen molar-refractivity contribution in [2.45, 2.75) is 19.8 Å². The maximum absolute atomic E-state index is 5.89. The highest BCUT2D eigenvalue weighted by Gasteiger charge is 2.02. The standard InChI is InChI=1S/C19H19ClO/c1-16-10-11-19(18(15-16)9-5-6-13-20)21-14-12-17-7-3-2-4-8-17/h2-4,7-8,10-11,15H,6,12-14H2,1H3. The van der Waals surface area contributed by atoms with Gasteiger partial charge in [0.1, 0.15) is 5.75 Å². The molecule has 0 aromatic heterocycles. The van der Waals surface area contributed by atoms with E-state index in [1.807, 2.05) is 30.3 Å². The summed E-state index contributed by atoms with van der Waals surface area (Å²) in [5.41, 5.74) is 3.40. The molecule has 0 aliphatic rings. The third-order valence-electron chi connectivity index (χ3n) is 3.07. The molecule has 0 aliphatic carbocycles. The molecule has 0 unspecified atom stereocenters. The normalized spacial score (nSPS) is 9.81. The second-order valence-corrected chi connectivity index (χ2v) is 5.20. The minimum atomic E-state index is 0.559. The topological polar surface area (TPSA) is 9.23 Å². The van der Waals surface area contributed by atoms with Gasteiger partial charge in [0.2, 0.25) is 0 Å². The molecule has 0 heterocycles. The molecule has 0 aliphatic heterocycles. The zero-order valence-electron chi connectivity index (χ0n) is 12.2. The third-order valence-corrected chi connectivity index (χ3v) is 3.26. The van der Waals surface area contributed by atoms with E-state index in [4.69, 9.17) is 16.3 Å². The fourth-order valence-corrected chi connectivity index (χ4v) is 2.09. The van der Waals surface area contributed by atoms with E-state index >= 15 is 0 Å². The van der Waals surface area contributed by atoms with E-state index in [1.54, 1.807) is 0 Å². The Kier molecular flexibility index (Phi) is 6.19. The van der Waals surface area contributed by atoms with Crippen LogP contribution < -0.4 is 4.74 Å². The number of benzene rings is 2. The van der Waals surface area contributed by atoms with Crippen LogP contribution >= 0.6 is 11.6 Å². The fourth-order valence-electron chi connectivity index (χ4n) is 2.00. The van der Waals surface area contributed by atoms with Crippen molar-refractivity contribution in [3.05, 3.63) is 65.2 Å². The monoisotopic (exact) mass is 298 g/mol. The van der Waals surface area contributed by atoms with Gasteiger partial charge in [-0.25, -0.2) is 0 Å². The summed E-state index contributed by atoms with van der Waals surface area (Å²) < 4.78 is 5.89. The Morgan fingerprint density at radius 3 is 2.67 bits per heavy atom. The molecule has 2 aromatic rings. The van der Waals surface area contributed by atoms with Crippen LogP contribution in [0.4, 0.5) is 0 Å².